The van der Waals surface area contributed by atoms with Gasteiger partial charge in [0.2, 0.25) is 0 Å². The number of hydrogen-bond donors (Lipinski definition) is 0. The molecular weight excluding hydrogens is 260 g/mol. The van der Waals surface area contributed by atoms with Crippen molar-refractivity contribution in [2.45, 2.75) is 28.0 Å². The van der Waals surface area contributed by atoms with Crippen molar-refractivity contribution < 1.29 is 4.79 Å². The van der Waals surface area contributed by atoms with E-state index in [-0.39, 0.29) is 5.78 Å². The number of rotatable bonds is 4. The third-order valence-corrected chi connectivity index (χ3v) is 3.94. The van der Waals surface area contributed by atoms with E-state index in [1.54, 1.807) is 11.8 Å². The van der Waals surface area contributed by atoms with Crippen LogP contribution in [0.3, 0.4) is 0 Å². The Hall–Kier alpha value is -1.19. The SMILES string of the molecule is CCC(=O)c1ccc(Sc2ccc([SH2+])cc2)cc1. The molecule has 0 aliphatic carbocycles. The Morgan fingerprint density at radius 1 is 1.00 bits per heavy atom. The van der Waals surface area contributed by atoms with Gasteiger partial charge in [-0.2, -0.15) is 0 Å². The van der Waals surface area contributed by atoms with Crippen molar-refractivity contribution in [2.24, 2.45) is 0 Å². The van der Waals surface area contributed by atoms with Gasteiger partial charge in [-0.1, -0.05) is 30.8 Å². The lowest BCUT2D eigenvalue weighted by atomic mass is 10.1. The molecule has 0 saturated heterocycles. The lowest BCUT2D eigenvalue weighted by Crippen LogP contribution is -1.95. The fourth-order valence-electron chi connectivity index (χ4n) is 1.57. The lowest BCUT2D eigenvalue weighted by molar-refractivity contribution is 0.0988. The van der Waals surface area contributed by atoms with E-state index < -0.39 is 0 Å². The van der Waals surface area contributed by atoms with Crippen LogP contribution in [-0.2, 0) is 12.6 Å². The second-order valence-corrected chi connectivity index (χ2v) is 5.65. The van der Waals surface area contributed by atoms with Gasteiger partial charge in [0.25, 0.3) is 0 Å². The summed E-state index contributed by atoms with van der Waals surface area (Å²) in [6.07, 6.45) is 0.555. The highest BCUT2D eigenvalue weighted by Gasteiger charge is 2.03. The molecule has 1 nitrogen and oxygen atoms in total. The van der Waals surface area contributed by atoms with Crippen LogP contribution in [0, 0.1) is 0 Å². The summed E-state index contributed by atoms with van der Waals surface area (Å²) in [5.41, 5.74) is 0.789. The van der Waals surface area contributed by atoms with Gasteiger partial charge in [0, 0.05) is 21.8 Å². The van der Waals surface area contributed by atoms with Crippen molar-refractivity contribution in [3.8, 4) is 0 Å². The molecule has 0 bridgehead atoms. The van der Waals surface area contributed by atoms with Crippen molar-refractivity contribution in [3.63, 3.8) is 0 Å². The average Bonchev–Trinajstić information content (AvgIpc) is 2.41. The normalized spacial score (nSPS) is 10.3. The number of benzene rings is 2. The number of ketones is 1. The minimum Gasteiger partial charge on any atom is -0.294 e. The van der Waals surface area contributed by atoms with Gasteiger partial charge >= 0.3 is 0 Å². The highest BCUT2D eigenvalue weighted by molar-refractivity contribution is 7.99. The molecule has 2 aromatic carbocycles. The van der Waals surface area contributed by atoms with Crippen molar-refractivity contribution in [3.05, 3.63) is 54.1 Å². The molecule has 3 heteroatoms. The summed E-state index contributed by atoms with van der Waals surface area (Å²) in [6, 6.07) is 16.0. The van der Waals surface area contributed by atoms with Crippen LogP contribution in [0.2, 0.25) is 0 Å². The van der Waals surface area contributed by atoms with Crippen LogP contribution in [0.1, 0.15) is 23.7 Å². The molecule has 0 aromatic heterocycles. The Labute approximate surface area is 117 Å². The summed E-state index contributed by atoms with van der Waals surface area (Å²) < 4.78 is 0. The van der Waals surface area contributed by atoms with Crippen molar-refractivity contribution in [2.75, 3.05) is 0 Å². The number of hydrogen-bond acceptors (Lipinski definition) is 2. The zero-order chi connectivity index (χ0) is 13.0. The minimum atomic E-state index is 0.190. The summed E-state index contributed by atoms with van der Waals surface area (Å²) in [7, 11) is 0. The van der Waals surface area contributed by atoms with Crippen LogP contribution >= 0.6 is 11.8 Å². The standard InChI is InChI=1S/C15H14OS2/c1-2-15(16)11-3-7-13(8-4-11)18-14-9-5-12(17)6-10-14/h3-10,17H,2H2,1H3/p+1. The van der Waals surface area contributed by atoms with Gasteiger partial charge < -0.3 is 0 Å². The molecule has 0 spiro atoms. The van der Waals surface area contributed by atoms with E-state index in [1.807, 2.05) is 43.3 Å². The van der Waals surface area contributed by atoms with Crippen LogP contribution in [-0.4, -0.2) is 5.78 Å². The van der Waals surface area contributed by atoms with Crippen molar-refractivity contribution in [1.29, 1.82) is 0 Å². The monoisotopic (exact) mass is 275 g/mol. The Kier molecular flexibility index (Phi) is 4.50. The maximum atomic E-state index is 11.5. The van der Waals surface area contributed by atoms with Gasteiger partial charge in [-0.25, -0.2) is 0 Å². The van der Waals surface area contributed by atoms with Gasteiger partial charge in [0.05, 0.1) is 0 Å². The van der Waals surface area contributed by atoms with Crippen molar-refractivity contribution in [1.82, 2.24) is 0 Å². The first-order chi connectivity index (χ1) is 8.69. The van der Waals surface area contributed by atoms with Crippen molar-refractivity contribution >= 4 is 30.2 Å². The smallest absolute Gasteiger partial charge is 0.162 e. The summed E-state index contributed by atoms with van der Waals surface area (Å²) in [6.45, 7) is 1.88. The maximum absolute atomic E-state index is 11.5. The number of Topliss-reactive ketones (excluding diaryl/α,β-unsaturated/α-hetero) is 1. The molecule has 0 unspecified atom stereocenters. The highest BCUT2D eigenvalue weighted by atomic mass is 32.2. The number of carbonyl (C=O) groups is 1. The second kappa shape index (κ2) is 6.12. The molecule has 2 rings (SSSR count). The molecule has 0 N–H and O–H groups in total. The minimum absolute atomic E-state index is 0.190. The Balaban J connectivity index is 2.10. The van der Waals surface area contributed by atoms with Gasteiger partial charge in [0.1, 0.15) is 4.90 Å². The molecule has 18 heavy (non-hydrogen) atoms. The topological polar surface area (TPSA) is 17.1 Å². The fraction of sp³-hybridized carbons (Fsp3) is 0.133. The first-order valence-electron chi connectivity index (χ1n) is 5.82. The second-order valence-electron chi connectivity index (χ2n) is 3.93. The van der Waals surface area contributed by atoms with E-state index in [4.69, 9.17) is 0 Å². The summed E-state index contributed by atoms with van der Waals surface area (Å²) in [4.78, 5) is 14.9. The third-order valence-electron chi connectivity index (χ3n) is 2.59. The average molecular weight is 275 g/mol. The molecule has 0 fully saturated rings. The van der Waals surface area contributed by atoms with Crippen LogP contribution in [0.15, 0.2) is 63.2 Å². The summed E-state index contributed by atoms with van der Waals surface area (Å²) >= 11 is 5.16. The zero-order valence-corrected chi connectivity index (χ0v) is 12.0. The van der Waals surface area contributed by atoms with Crippen LogP contribution in [0.4, 0.5) is 0 Å². The molecule has 92 valence electrons. The zero-order valence-electron chi connectivity index (χ0n) is 10.1. The van der Waals surface area contributed by atoms with Gasteiger partial charge in [-0.15, -0.1) is 0 Å². The molecular formula is C15H15OS2+. The quantitative estimate of drug-likeness (QED) is 0.623. The van der Waals surface area contributed by atoms with Gasteiger partial charge in [0.15, 0.2) is 5.78 Å². The molecule has 2 aromatic rings. The predicted octanol–water partition coefficient (Wildman–Crippen LogP) is 3.80. The van der Waals surface area contributed by atoms with E-state index >= 15 is 0 Å². The van der Waals surface area contributed by atoms with Crippen LogP contribution < -0.4 is 0 Å². The molecule has 0 saturated carbocycles. The van der Waals surface area contributed by atoms with Crippen LogP contribution in [0.5, 0.6) is 0 Å². The molecule has 0 heterocycles. The number of carbonyl (C=O) groups excluding carboxylic acids is 1. The largest absolute Gasteiger partial charge is 0.294 e. The molecule has 0 atom stereocenters. The summed E-state index contributed by atoms with van der Waals surface area (Å²) in [5, 5.41) is 0. The van der Waals surface area contributed by atoms with Gasteiger partial charge in [-0.05, 0) is 49.0 Å². The Bertz CT molecular complexity index is 529. The van der Waals surface area contributed by atoms with Crippen LogP contribution in [0.25, 0.3) is 0 Å². The lowest BCUT2D eigenvalue weighted by Gasteiger charge is -2.03. The summed E-state index contributed by atoms with van der Waals surface area (Å²) in [5.74, 6) is 0.190. The van der Waals surface area contributed by atoms with E-state index in [2.05, 4.69) is 24.8 Å². The molecule has 0 aliphatic rings. The van der Waals surface area contributed by atoms with E-state index in [9.17, 15) is 4.79 Å². The van der Waals surface area contributed by atoms with Gasteiger partial charge in [-0.3, -0.25) is 4.79 Å². The Morgan fingerprint density at radius 3 is 2.00 bits per heavy atom. The van der Waals surface area contributed by atoms with E-state index in [1.165, 1.54) is 4.90 Å². The first-order valence-corrected chi connectivity index (χ1v) is 7.13. The highest BCUT2D eigenvalue weighted by Crippen LogP contribution is 2.28. The third kappa shape index (κ3) is 3.40. The Morgan fingerprint density at radius 2 is 1.50 bits per heavy atom. The fourth-order valence-corrected chi connectivity index (χ4v) is 2.56. The van der Waals surface area contributed by atoms with E-state index in [0.29, 0.717) is 6.42 Å². The maximum Gasteiger partial charge on any atom is 0.162 e. The first kappa shape index (κ1) is 13.2. The van der Waals surface area contributed by atoms with E-state index in [0.717, 1.165) is 15.4 Å². The molecule has 0 amide bonds. The molecule has 0 aliphatic heterocycles. The molecule has 0 radical (unpaired) electrons. The predicted molar refractivity (Wildman–Crippen MR) is 80.0 cm³/mol.